The number of hydrogen-bond acceptors (Lipinski definition) is 10. The van der Waals surface area contributed by atoms with Crippen LogP contribution in [0.1, 0.15) is 73.5 Å². The number of nitrogens with one attached hydrogen (secondary N) is 2. The molecule has 0 spiro atoms. The van der Waals surface area contributed by atoms with E-state index in [0.29, 0.717) is 16.7 Å². The van der Waals surface area contributed by atoms with Crippen LogP contribution in [-0.2, 0) is 43.9 Å². The first-order valence-corrected chi connectivity index (χ1v) is 19.0. The van der Waals surface area contributed by atoms with Crippen molar-refractivity contribution in [2.75, 3.05) is 27.2 Å². The number of benzene rings is 3. The fourth-order valence-corrected chi connectivity index (χ4v) is 6.44. The lowest BCUT2D eigenvalue weighted by atomic mass is 9.91. The van der Waals surface area contributed by atoms with Gasteiger partial charge in [-0.3, -0.25) is 19.2 Å². The summed E-state index contributed by atoms with van der Waals surface area (Å²) < 4.78 is 24.9. The molecular formula is C44H51N3O10. The van der Waals surface area contributed by atoms with Crippen LogP contribution in [0.3, 0.4) is 0 Å². The van der Waals surface area contributed by atoms with E-state index in [1.165, 1.54) is 11.0 Å². The number of nitrogens with zero attached hydrogens (tertiary/aromatic N) is 1. The molecule has 0 bridgehead atoms. The van der Waals surface area contributed by atoms with E-state index in [4.69, 9.17) is 18.9 Å². The number of esters is 2. The number of amides is 3. The molecule has 302 valence electrons. The molecule has 1 saturated heterocycles. The summed E-state index contributed by atoms with van der Waals surface area (Å²) in [5, 5.41) is 15.2. The Labute approximate surface area is 333 Å². The third kappa shape index (κ3) is 11.5. The van der Waals surface area contributed by atoms with E-state index in [-0.39, 0.29) is 55.9 Å². The van der Waals surface area contributed by atoms with Crippen LogP contribution in [0.15, 0.2) is 103 Å². The molecule has 2 aliphatic rings. The van der Waals surface area contributed by atoms with E-state index in [0.717, 1.165) is 0 Å². The van der Waals surface area contributed by atoms with Crippen molar-refractivity contribution in [2.45, 2.75) is 82.2 Å². The summed E-state index contributed by atoms with van der Waals surface area (Å²) in [6.45, 7) is 4.88. The number of rotatable bonds is 15. The van der Waals surface area contributed by atoms with Gasteiger partial charge in [0.2, 0.25) is 23.5 Å². The summed E-state index contributed by atoms with van der Waals surface area (Å²) in [6, 6.07) is 24.7. The SMILES string of the molecule is CN(C)C(=O)C=Cc1ccc(C(=O)O[C@@H]2CC(C(=O)NCCC(=O)N[C@H](CO)CCC(=O)OC(C)(C)C)=C[C@H]3OC(c4ccccc4)(c4ccccc4)O[C@H]32)cc1. The Morgan fingerprint density at radius 1 is 0.912 bits per heavy atom. The normalized spacial score (nSPS) is 19.1. The fraction of sp³-hybridized carbons (Fsp3) is 0.386. The second-order valence-corrected chi connectivity index (χ2v) is 15.1. The minimum Gasteiger partial charge on any atom is -0.460 e. The van der Waals surface area contributed by atoms with Crippen LogP contribution in [0.25, 0.3) is 6.08 Å². The maximum Gasteiger partial charge on any atom is 0.338 e. The quantitative estimate of drug-likeness (QED) is 0.148. The van der Waals surface area contributed by atoms with Crippen molar-refractivity contribution >= 4 is 35.7 Å². The molecule has 1 heterocycles. The number of fused-ring (bicyclic) bond motifs is 1. The third-order valence-corrected chi connectivity index (χ3v) is 9.28. The zero-order chi connectivity index (χ0) is 41.2. The predicted octanol–water partition coefficient (Wildman–Crippen LogP) is 4.43. The van der Waals surface area contributed by atoms with Crippen molar-refractivity contribution < 1.29 is 48.0 Å². The number of carbonyl (C=O) groups excluding carboxylic acids is 5. The summed E-state index contributed by atoms with van der Waals surface area (Å²) in [6.07, 6.45) is 2.32. The monoisotopic (exact) mass is 781 g/mol. The molecule has 3 N–H and O–H groups in total. The number of carbonyl (C=O) groups is 5. The van der Waals surface area contributed by atoms with Gasteiger partial charge in [-0.15, -0.1) is 0 Å². The first kappa shape index (κ1) is 42.5. The van der Waals surface area contributed by atoms with Crippen molar-refractivity contribution in [3.63, 3.8) is 0 Å². The molecule has 3 aromatic rings. The maximum atomic E-state index is 13.7. The molecular weight excluding hydrogens is 730 g/mol. The summed E-state index contributed by atoms with van der Waals surface area (Å²) in [5.74, 6) is -3.52. The molecule has 3 aromatic carbocycles. The molecule has 0 aromatic heterocycles. The predicted molar refractivity (Wildman–Crippen MR) is 211 cm³/mol. The van der Waals surface area contributed by atoms with Gasteiger partial charge >= 0.3 is 11.9 Å². The lowest BCUT2D eigenvalue weighted by Crippen LogP contribution is -2.44. The van der Waals surface area contributed by atoms with Crippen LogP contribution in [0.2, 0.25) is 0 Å². The van der Waals surface area contributed by atoms with Crippen LogP contribution in [0.5, 0.6) is 0 Å². The largest absolute Gasteiger partial charge is 0.460 e. The molecule has 1 fully saturated rings. The molecule has 0 radical (unpaired) electrons. The highest BCUT2D eigenvalue weighted by Gasteiger charge is 2.55. The van der Waals surface area contributed by atoms with Gasteiger partial charge < -0.3 is 39.6 Å². The number of likely N-dealkylation sites (N-methyl/N-ethyl adjacent to an activating group) is 1. The van der Waals surface area contributed by atoms with Gasteiger partial charge in [0.25, 0.3) is 0 Å². The summed E-state index contributed by atoms with van der Waals surface area (Å²) in [4.78, 5) is 65.6. The molecule has 4 atom stereocenters. The lowest BCUT2D eigenvalue weighted by Gasteiger charge is -2.31. The third-order valence-electron chi connectivity index (χ3n) is 9.28. The average molecular weight is 782 g/mol. The zero-order valence-corrected chi connectivity index (χ0v) is 32.9. The van der Waals surface area contributed by atoms with Crippen molar-refractivity contribution in [3.05, 3.63) is 125 Å². The van der Waals surface area contributed by atoms with Crippen molar-refractivity contribution in [1.29, 1.82) is 0 Å². The van der Waals surface area contributed by atoms with Gasteiger partial charge in [0.15, 0.2) is 0 Å². The molecule has 3 amide bonds. The van der Waals surface area contributed by atoms with Gasteiger partial charge in [-0.05, 0) is 57.0 Å². The van der Waals surface area contributed by atoms with Gasteiger partial charge in [-0.2, -0.15) is 0 Å². The topological polar surface area (TPSA) is 170 Å². The minimum absolute atomic E-state index is 0.00131. The summed E-state index contributed by atoms with van der Waals surface area (Å²) in [5.41, 5.74) is 2.04. The molecule has 13 nitrogen and oxygen atoms in total. The first-order chi connectivity index (χ1) is 27.2. The Hall–Kier alpha value is -5.63. The van der Waals surface area contributed by atoms with Crippen molar-refractivity contribution in [1.82, 2.24) is 15.5 Å². The molecule has 0 saturated carbocycles. The van der Waals surface area contributed by atoms with E-state index in [9.17, 15) is 29.1 Å². The number of aliphatic hydroxyl groups excluding tert-OH is 1. The molecule has 1 aliphatic heterocycles. The minimum atomic E-state index is -1.38. The van der Waals surface area contributed by atoms with E-state index in [2.05, 4.69) is 10.6 Å². The van der Waals surface area contributed by atoms with Gasteiger partial charge in [0.05, 0.1) is 18.2 Å². The summed E-state index contributed by atoms with van der Waals surface area (Å²) >= 11 is 0. The smallest absolute Gasteiger partial charge is 0.338 e. The fourth-order valence-electron chi connectivity index (χ4n) is 6.44. The molecule has 57 heavy (non-hydrogen) atoms. The zero-order valence-electron chi connectivity index (χ0n) is 32.9. The molecule has 1 aliphatic carbocycles. The maximum absolute atomic E-state index is 13.7. The lowest BCUT2D eigenvalue weighted by molar-refractivity contribution is -0.157. The summed E-state index contributed by atoms with van der Waals surface area (Å²) in [7, 11) is 3.31. The highest BCUT2D eigenvalue weighted by molar-refractivity contribution is 5.95. The van der Waals surface area contributed by atoms with E-state index >= 15 is 0 Å². The second-order valence-electron chi connectivity index (χ2n) is 15.1. The Bertz CT molecular complexity index is 1900. The number of hydrogen-bond donors (Lipinski definition) is 3. The van der Waals surface area contributed by atoms with Crippen LogP contribution in [0.4, 0.5) is 0 Å². The van der Waals surface area contributed by atoms with Crippen molar-refractivity contribution in [3.8, 4) is 0 Å². The van der Waals surface area contributed by atoms with Gasteiger partial charge in [-0.1, -0.05) is 72.8 Å². The van der Waals surface area contributed by atoms with Crippen LogP contribution >= 0.6 is 0 Å². The Morgan fingerprint density at radius 2 is 1.54 bits per heavy atom. The van der Waals surface area contributed by atoms with Crippen molar-refractivity contribution in [2.24, 2.45) is 0 Å². The Morgan fingerprint density at radius 3 is 2.12 bits per heavy atom. The van der Waals surface area contributed by atoms with Crippen LogP contribution in [0, 0.1) is 0 Å². The second kappa shape index (κ2) is 19.0. The standard InChI is InChI=1S/C44H51N3O10/c1-43(2,3)56-39(51)23-21-34(28-48)46-37(49)24-25-45-41(52)31-26-35(54-42(53)30-19-16-29(17-20-30)18-22-38(50)47(4)5)40-36(27-31)55-44(57-40,32-12-8-6-9-13-32)33-14-10-7-11-15-33/h6-20,22,27,34-36,40,48H,21,23-26,28H2,1-5H3,(H,45,52)(H,46,49)/t34-,35+,36+,40-/m0/s1. The number of aliphatic hydroxyl groups is 1. The van der Waals surface area contributed by atoms with Gasteiger partial charge in [0, 0.05) is 62.7 Å². The van der Waals surface area contributed by atoms with Gasteiger partial charge in [-0.25, -0.2) is 4.79 Å². The first-order valence-electron chi connectivity index (χ1n) is 19.0. The van der Waals surface area contributed by atoms with Crippen LogP contribution < -0.4 is 10.6 Å². The van der Waals surface area contributed by atoms with E-state index in [1.54, 1.807) is 71.3 Å². The molecule has 13 heteroatoms. The van der Waals surface area contributed by atoms with Crippen LogP contribution in [-0.4, -0.2) is 96.9 Å². The highest BCUT2D eigenvalue weighted by atomic mass is 16.8. The Balaban J connectivity index is 1.31. The Kier molecular flexibility index (Phi) is 14.2. The van der Waals surface area contributed by atoms with E-state index in [1.807, 2.05) is 60.7 Å². The van der Waals surface area contributed by atoms with Gasteiger partial charge in [0.1, 0.15) is 23.9 Å². The molecule has 0 unspecified atom stereocenters. The highest BCUT2D eigenvalue weighted by Crippen LogP contribution is 2.47. The number of ether oxygens (including phenoxy) is 4. The average Bonchev–Trinajstić information content (AvgIpc) is 3.60. The molecule has 5 rings (SSSR count). The van der Waals surface area contributed by atoms with E-state index < -0.39 is 59.5 Å².